The Morgan fingerprint density at radius 2 is 1.74 bits per heavy atom. The van der Waals surface area contributed by atoms with Crippen LogP contribution in [0.15, 0.2) is 48.5 Å². The van der Waals surface area contributed by atoms with Gasteiger partial charge in [0.1, 0.15) is 5.75 Å². The number of aromatic nitrogens is 2. The molecule has 34 heavy (non-hydrogen) atoms. The highest BCUT2D eigenvalue weighted by molar-refractivity contribution is 5.72. The molecule has 0 amide bonds. The zero-order valence-corrected chi connectivity index (χ0v) is 20.1. The highest BCUT2D eigenvalue weighted by Gasteiger charge is 2.15. The third-order valence-electron chi connectivity index (χ3n) is 5.16. The fourth-order valence-electron chi connectivity index (χ4n) is 3.68. The fraction of sp³-hybridized carbons (Fsp3) is 0.385. The lowest BCUT2D eigenvalue weighted by atomic mass is 10.1. The minimum Gasteiger partial charge on any atom is -0.496 e. The molecule has 1 N–H and O–H groups in total. The Balaban J connectivity index is 1.72. The molecule has 0 aliphatic carbocycles. The van der Waals surface area contributed by atoms with E-state index in [1.54, 1.807) is 32.4 Å². The molecule has 0 fully saturated rings. The summed E-state index contributed by atoms with van der Waals surface area (Å²) in [5.41, 5.74) is 2.62. The number of ether oxygens (including phenoxy) is 4. The number of rotatable bonds is 13. The minimum absolute atomic E-state index is 0.0176. The summed E-state index contributed by atoms with van der Waals surface area (Å²) in [6, 6.07) is 15.1. The topological polar surface area (TPSA) is 92.0 Å². The van der Waals surface area contributed by atoms with Crippen molar-refractivity contribution in [3.8, 4) is 23.1 Å². The van der Waals surface area contributed by atoms with E-state index in [4.69, 9.17) is 18.9 Å². The molecule has 182 valence electrons. The van der Waals surface area contributed by atoms with Gasteiger partial charge in [-0.05, 0) is 38.8 Å². The van der Waals surface area contributed by atoms with E-state index in [0.29, 0.717) is 48.9 Å². The van der Waals surface area contributed by atoms with Gasteiger partial charge >= 0.3 is 5.97 Å². The lowest BCUT2D eigenvalue weighted by Crippen LogP contribution is -2.10. The maximum absolute atomic E-state index is 11.2. The Morgan fingerprint density at radius 3 is 2.44 bits per heavy atom. The van der Waals surface area contributed by atoms with E-state index < -0.39 is 5.97 Å². The first kappa shape index (κ1) is 25.0. The number of hydrogen-bond donors (Lipinski definition) is 1. The van der Waals surface area contributed by atoms with E-state index in [9.17, 15) is 9.90 Å². The zero-order valence-electron chi connectivity index (χ0n) is 20.1. The van der Waals surface area contributed by atoms with E-state index in [1.165, 1.54) is 0 Å². The van der Waals surface area contributed by atoms with E-state index >= 15 is 0 Å². The molecule has 0 unspecified atom stereocenters. The average molecular weight is 469 g/mol. The molecule has 0 spiro atoms. The summed E-state index contributed by atoms with van der Waals surface area (Å²) in [5, 5.41) is 13.8. The molecule has 0 aliphatic heterocycles. The molecule has 0 atom stereocenters. The first-order valence-corrected chi connectivity index (χ1v) is 11.3. The Hall–Kier alpha value is -3.68. The molecule has 8 nitrogen and oxygen atoms in total. The van der Waals surface area contributed by atoms with Crippen LogP contribution < -0.4 is 18.9 Å². The molecule has 2 aromatic carbocycles. The van der Waals surface area contributed by atoms with Gasteiger partial charge in [0.05, 0.1) is 39.9 Å². The van der Waals surface area contributed by atoms with E-state index in [-0.39, 0.29) is 12.5 Å². The Morgan fingerprint density at radius 1 is 1.03 bits per heavy atom. The van der Waals surface area contributed by atoms with Gasteiger partial charge < -0.3 is 24.1 Å². The molecule has 0 radical (unpaired) electrons. The first-order valence-electron chi connectivity index (χ1n) is 11.3. The van der Waals surface area contributed by atoms with Crippen LogP contribution in [0.3, 0.4) is 0 Å². The van der Waals surface area contributed by atoms with E-state index in [1.807, 2.05) is 48.9 Å². The molecule has 0 saturated heterocycles. The second-order valence-electron chi connectivity index (χ2n) is 8.08. The molecular formula is C26H32N2O6. The Labute approximate surface area is 200 Å². The van der Waals surface area contributed by atoms with Crippen molar-refractivity contribution >= 4 is 5.97 Å². The molecule has 3 aromatic rings. The number of para-hydroxylation sites is 2. The monoisotopic (exact) mass is 468 g/mol. The van der Waals surface area contributed by atoms with Crippen molar-refractivity contribution in [2.24, 2.45) is 0 Å². The third-order valence-corrected chi connectivity index (χ3v) is 5.16. The van der Waals surface area contributed by atoms with Crippen LogP contribution >= 0.6 is 0 Å². The summed E-state index contributed by atoms with van der Waals surface area (Å²) < 4.78 is 24.6. The summed E-state index contributed by atoms with van der Waals surface area (Å²) in [6.45, 7) is 4.88. The normalized spacial score (nSPS) is 10.9. The number of carboxylic acid groups (broad SMARTS) is 1. The molecule has 1 heterocycles. The Bertz CT molecular complexity index is 1090. The molecule has 0 bridgehead atoms. The van der Waals surface area contributed by atoms with Crippen LogP contribution in [-0.4, -0.2) is 47.8 Å². The second kappa shape index (κ2) is 12.0. The number of nitrogens with zero attached hydrogens (tertiary/aromatic N) is 2. The van der Waals surface area contributed by atoms with Gasteiger partial charge in [-0.2, -0.15) is 0 Å². The lowest BCUT2D eigenvalue weighted by molar-refractivity contribution is -0.136. The molecule has 8 heteroatoms. The summed E-state index contributed by atoms with van der Waals surface area (Å²) in [6.07, 6.45) is 1.29. The molecular weight excluding hydrogens is 436 g/mol. The maximum atomic E-state index is 11.2. The van der Waals surface area contributed by atoms with Crippen LogP contribution in [-0.2, 0) is 24.2 Å². The van der Waals surface area contributed by atoms with Gasteiger partial charge in [0.2, 0.25) is 5.88 Å². The summed E-state index contributed by atoms with van der Waals surface area (Å²) in [5.74, 6) is 1.46. The van der Waals surface area contributed by atoms with Crippen molar-refractivity contribution in [1.29, 1.82) is 0 Å². The van der Waals surface area contributed by atoms with Crippen molar-refractivity contribution in [3.05, 3.63) is 65.4 Å². The Kier molecular flexibility index (Phi) is 8.79. The van der Waals surface area contributed by atoms with Crippen LogP contribution in [0.5, 0.6) is 23.1 Å². The number of aryl methyl sites for hydroxylation is 1. The molecule has 0 aliphatic rings. The van der Waals surface area contributed by atoms with Gasteiger partial charge in [-0.3, -0.25) is 9.48 Å². The maximum Gasteiger partial charge on any atom is 0.307 e. The van der Waals surface area contributed by atoms with Crippen molar-refractivity contribution < 1.29 is 28.8 Å². The van der Waals surface area contributed by atoms with Gasteiger partial charge in [0.25, 0.3) is 0 Å². The van der Waals surface area contributed by atoms with Crippen molar-refractivity contribution in [1.82, 2.24) is 9.78 Å². The van der Waals surface area contributed by atoms with E-state index in [2.05, 4.69) is 5.10 Å². The lowest BCUT2D eigenvalue weighted by Gasteiger charge is -2.14. The molecule has 1 aromatic heterocycles. The largest absolute Gasteiger partial charge is 0.496 e. The van der Waals surface area contributed by atoms with Gasteiger partial charge in [0, 0.05) is 22.9 Å². The summed E-state index contributed by atoms with van der Waals surface area (Å²) >= 11 is 0. The highest BCUT2D eigenvalue weighted by atomic mass is 16.5. The smallest absolute Gasteiger partial charge is 0.307 e. The number of aliphatic carboxylic acids is 1. The number of hydrogen-bond acceptors (Lipinski definition) is 6. The first-order chi connectivity index (χ1) is 16.4. The van der Waals surface area contributed by atoms with Crippen LogP contribution in [0, 0.1) is 0 Å². The van der Waals surface area contributed by atoms with Crippen LogP contribution in [0.1, 0.15) is 37.1 Å². The minimum atomic E-state index is -0.920. The van der Waals surface area contributed by atoms with Crippen molar-refractivity contribution in [3.63, 3.8) is 0 Å². The highest BCUT2D eigenvalue weighted by Crippen LogP contribution is 2.32. The van der Waals surface area contributed by atoms with Crippen LogP contribution in [0.4, 0.5) is 0 Å². The SMILES string of the molecule is COc1ccccc1Cn1nc(OC(C)C)cc1CCCOc1c(CC(=O)O)cccc1OC. The molecule has 0 saturated carbocycles. The number of carbonyl (C=O) groups is 1. The van der Waals surface area contributed by atoms with Gasteiger partial charge in [-0.25, -0.2) is 0 Å². The molecule has 3 rings (SSSR count). The number of benzene rings is 2. The average Bonchev–Trinajstić information content (AvgIpc) is 3.17. The van der Waals surface area contributed by atoms with Crippen LogP contribution in [0.2, 0.25) is 0 Å². The van der Waals surface area contributed by atoms with Gasteiger partial charge in [-0.1, -0.05) is 30.3 Å². The third kappa shape index (κ3) is 6.66. The van der Waals surface area contributed by atoms with E-state index in [0.717, 1.165) is 17.0 Å². The summed E-state index contributed by atoms with van der Waals surface area (Å²) in [7, 11) is 3.20. The zero-order chi connectivity index (χ0) is 24.5. The fourth-order valence-corrected chi connectivity index (χ4v) is 3.68. The predicted octanol–water partition coefficient (Wildman–Crippen LogP) is 4.37. The number of methoxy groups -OCH3 is 2. The standard InChI is InChI=1S/C26H32N2O6/c1-18(2)34-24-16-21(28(27-24)17-20-9-5-6-12-22(20)31-3)11-8-14-33-26-19(15-25(29)30)10-7-13-23(26)32-4/h5-7,9-10,12-13,16,18H,8,11,14-15,17H2,1-4H3,(H,29,30). The van der Waals surface area contributed by atoms with Crippen LogP contribution in [0.25, 0.3) is 0 Å². The van der Waals surface area contributed by atoms with Gasteiger partial charge in [0.15, 0.2) is 11.5 Å². The quantitative estimate of drug-likeness (QED) is 0.372. The predicted molar refractivity (Wildman–Crippen MR) is 128 cm³/mol. The summed E-state index contributed by atoms with van der Waals surface area (Å²) in [4.78, 5) is 11.2. The van der Waals surface area contributed by atoms with Gasteiger partial charge in [-0.15, -0.1) is 5.10 Å². The second-order valence-corrected chi connectivity index (χ2v) is 8.08. The van der Waals surface area contributed by atoms with Crippen molar-refractivity contribution in [2.75, 3.05) is 20.8 Å². The van der Waals surface area contributed by atoms with Crippen molar-refractivity contribution in [2.45, 2.75) is 45.8 Å². The number of carboxylic acids is 1.